The standard InChI is InChI=1S/C11H19BrN2S/c1-13-8-4-5-9(14(2)3)10-6-7-11(12)15-10/h6-7,9,13H,4-5,8H2,1-3H3. The number of nitrogens with zero attached hydrogens (tertiary/aromatic N) is 1. The van der Waals surface area contributed by atoms with Crippen LogP contribution in [0.5, 0.6) is 0 Å². The van der Waals surface area contributed by atoms with E-state index in [9.17, 15) is 0 Å². The Morgan fingerprint density at radius 2 is 2.20 bits per heavy atom. The van der Waals surface area contributed by atoms with Crippen LogP contribution in [-0.4, -0.2) is 32.6 Å². The van der Waals surface area contributed by atoms with Crippen LogP contribution < -0.4 is 5.32 Å². The van der Waals surface area contributed by atoms with E-state index < -0.39 is 0 Å². The molecule has 0 radical (unpaired) electrons. The summed E-state index contributed by atoms with van der Waals surface area (Å²) in [7, 11) is 6.31. The minimum atomic E-state index is 0.551. The van der Waals surface area contributed by atoms with Crippen LogP contribution in [0.1, 0.15) is 23.8 Å². The van der Waals surface area contributed by atoms with Crippen LogP contribution in [0.15, 0.2) is 15.9 Å². The number of hydrogen-bond acceptors (Lipinski definition) is 3. The first-order chi connectivity index (χ1) is 7.15. The molecule has 1 heterocycles. The lowest BCUT2D eigenvalue weighted by molar-refractivity contribution is 0.283. The Balaban J connectivity index is 2.58. The van der Waals surface area contributed by atoms with E-state index in [2.05, 4.69) is 52.4 Å². The Bertz CT molecular complexity index is 286. The molecule has 0 amide bonds. The second-order valence-electron chi connectivity index (χ2n) is 3.87. The predicted octanol–water partition coefficient (Wildman–Crippen LogP) is 3.11. The molecule has 4 heteroatoms. The third-order valence-electron chi connectivity index (χ3n) is 2.45. The summed E-state index contributed by atoms with van der Waals surface area (Å²) in [6, 6.07) is 4.91. The maximum absolute atomic E-state index is 3.52. The number of thiophene rings is 1. The van der Waals surface area contributed by atoms with Gasteiger partial charge in [-0.25, -0.2) is 0 Å². The van der Waals surface area contributed by atoms with Crippen LogP contribution in [0.25, 0.3) is 0 Å². The third-order valence-corrected chi connectivity index (χ3v) is 4.17. The molecule has 0 spiro atoms. The Morgan fingerprint density at radius 1 is 1.47 bits per heavy atom. The van der Waals surface area contributed by atoms with Crippen LogP contribution in [0.4, 0.5) is 0 Å². The Hall–Kier alpha value is 0.1000. The van der Waals surface area contributed by atoms with Gasteiger partial charge in [0, 0.05) is 10.9 Å². The van der Waals surface area contributed by atoms with E-state index in [1.807, 2.05) is 18.4 Å². The summed E-state index contributed by atoms with van der Waals surface area (Å²) in [5, 5.41) is 3.19. The third kappa shape index (κ3) is 4.23. The van der Waals surface area contributed by atoms with Crippen molar-refractivity contribution in [3.8, 4) is 0 Å². The van der Waals surface area contributed by atoms with E-state index >= 15 is 0 Å². The first kappa shape index (κ1) is 13.2. The van der Waals surface area contributed by atoms with Gasteiger partial charge >= 0.3 is 0 Å². The summed E-state index contributed by atoms with van der Waals surface area (Å²) in [4.78, 5) is 3.75. The second kappa shape index (κ2) is 6.63. The van der Waals surface area contributed by atoms with Gasteiger partial charge in [-0.15, -0.1) is 11.3 Å². The molecule has 0 aromatic carbocycles. The maximum Gasteiger partial charge on any atom is 0.0701 e. The molecule has 1 N–H and O–H groups in total. The summed E-state index contributed by atoms with van der Waals surface area (Å²) < 4.78 is 1.22. The van der Waals surface area contributed by atoms with Crippen LogP contribution in [0.3, 0.4) is 0 Å². The van der Waals surface area contributed by atoms with Gasteiger partial charge in [0.2, 0.25) is 0 Å². The van der Waals surface area contributed by atoms with Crippen molar-refractivity contribution in [2.75, 3.05) is 27.7 Å². The zero-order chi connectivity index (χ0) is 11.3. The van der Waals surface area contributed by atoms with E-state index in [-0.39, 0.29) is 0 Å². The lowest BCUT2D eigenvalue weighted by Gasteiger charge is -2.23. The molecule has 0 aliphatic heterocycles. The predicted molar refractivity (Wildman–Crippen MR) is 71.6 cm³/mol. The lowest BCUT2D eigenvalue weighted by atomic mass is 10.1. The average Bonchev–Trinajstić information content (AvgIpc) is 2.59. The highest BCUT2D eigenvalue weighted by atomic mass is 79.9. The molecule has 1 unspecified atom stereocenters. The van der Waals surface area contributed by atoms with Crippen LogP contribution in [0.2, 0.25) is 0 Å². The van der Waals surface area contributed by atoms with Crippen LogP contribution >= 0.6 is 27.3 Å². The zero-order valence-electron chi connectivity index (χ0n) is 9.59. The highest BCUT2D eigenvalue weighted by Gasteiger charge is 2.15. The summed E-state index contributed by atoms with van der Waals surface area (Å²) >= 11 is 5.36. The summed E-state index contributed by atoms with van der Waals surface area (Å²) in [6.45, 7) is 1.09. The summed E-state index contributed by atoms with van der Waals surface area (Å²) in [5.41, 5.74) is 0. The van der Waals surface area contributed by atoms with E-state index in [1.165, 1.54) is 21.5 Å². The highest BCUT2D eigenvalue weighted by Crippen LogP contribution is 2.32. The Kier molecular flexibility index (Phi) is 5.82. The van der Waals surface area contributed by atoms with Crippen molar-refractivity contribution < 1.29 is 0 Å². The van der Waals surface area contributed by atoms with Crippen molar-refractivity contribution in [3.63, 3.8) is 0 Å². The Labute approximate surface area is 105 Å². The Morgan fingerprint density at radius 3 is 2.67 bits per heavy atom. The SMILES string of the molecule is CNCCCC(c1ccc(Br)s1)N(C)C. The van der Waals surface area contributed by atoms with Crippen molar-refractivity contribution >= 4 is 27.3 Å². The fourth-order valence-corrected chi connectivity index (χ4v) is 3.29. The molecule has 0 saturated carbocycles. The quantitative estimate of drug-likeness (QED) is 0.810. The van der Waals surface area contributed by atoms with Gasteiger partial charge in [-0.05, 0) is 68.6 Å². The fourth-order valence-electron chi connectivity index (χ4n) is 1.63. The molecule has 0 saturated heterocycles. The van der Waals surface area contributed by atoms with Crippen LogP contribution in [-0.2, 0) is 0 Å². The number of nitrogens with one attached hydrogen (secondary N) is 1. The molecule has 86 valence electrons. The first-order valence-electron chi connectivity index (χ1n) is 5.21. The van der Waals surface area contributed by atoms with E-state index in [0.29, 0.717) is 6.04 Å². The molecule has 0 fully saturated rings. The van der Waals surface area contributed by atoms with Gasteiger partial charge in [0.25, 0.3) is 0 Å². The van der Waals surface area contributed by atoms with E-state index in [0.717, 1.165) is 6.54 Å². The normalized spacial score (nSPS) is 13.4. The molecule has 0 aliphatic carbocycles. The smallest absolute Gasteiger partial charge is 0.0701 e. The van der Waals surface area contributed by atoms with Gasteiger partial charge in [0.05, 0.1) is 3.79 Å². The second-order valence-corrected chi connectivity index (χ2v) is 6.36. The van der Waals surface area contributed by atoms with Crippen molar-refractivity contribution in [1.82, 2.24) is 10.2 Å². The number of halogens is 1. The molecule has 15 heavy (non-hydrogen) atoms. The maximum atomic E-state index is 3.52. The molecule has 0 bridgehead atoms. The highest BCUT2D eigenvalue weighted by molar-refractivity contribution is 9.11. The minimum absolute atomic E-state index is 0.551. The largest absolute Gasteiger partial charge is 0.320 e. The summed E-state index contributed by atoms with van der Waals surface area (Å²) in [6.07, 6.45) is 2.43. The number of hydrogen-bond donors (Lipinski definition) is 1. The topological polar surface area (TPSA) is 15.3 Å². The fraction of sp³-hybridized carbons (Fsp3) is 0.636. The molecule has 1 rings (SSSR count). The van der Waals surface area contributed by atoms with E-state index in [1.54, 1.807) is 0 Å². The molecule has 2 nitrogen and oxygen atoms in total. The lowest BCUT2D eigenvalue weighted by Crippen LogP contribution is -2.20. The molecule has 1 aromatic rings. The van der Waals surface area contributed by atoms with Crippen LogP contribution in [0, 0.1) is 0 Å². The minimum Gasteiger partial charge on any atom is -0.320 e. The van der Waals surface area contributed by atoms with Gasteiger partial charge < -0.3 is 10.2 Å². The molecular formula is C11H19BrN2S. The van der Waals surface area contributed by atoms with Gasteiger partial charge in [-0.1, -0.05) is 0 Å². The monoisotopic (exact) mass is 290 g/mol. The molecule has 1 atom stereocenters. The van der Waals surface area contributed by atoms with Crippen molar-refractivity contribution in [2.24, 2.45) is 0 Å². The van der Waals surface area contributed by atoms with Gasteiger partial charge in [-0.2, -0.15) is 0 Å². The molecule has 0 aliphatic rings. The zero-order valence-corrected chi connectivity index (χ0v) is 12.0. The van der Waals surface area contributed by atoms with E-state index in [4.69, 9.17) is 0 Å². The number of rotatable bonds is 6. The van der Waals surface area contributed by atoms with Crippen molar-refractivity contribution in [2.45, 2.75) is 18.9 Å². The van der Waals surface area contributed by atoms with Crippen molar-refractivity contribution in [3.05, 3.63) is 20.8 Å². The first-order valence-corrected chi connectivity index (χ1v) is 6.82. The summed E-state index contributed by atoms with van der Waals surface area (Å²) in [5.74, 6) is 0. The molecule has 1 aromatic heterocycles. The average molecular weight is 291 g/mol. The van der Waals surface area contributed by atoms with Gasteiger partial charge in [-0.3, -0.25) is 0 Å². The van der Waals surface area contributed by atoms with Crippen molar-refractivity contribution in [1.29, 1.82) is 0 Å². The van der Waals surface area contributed by atoms with Gasteiger partial charge in [0.1, 0.15) is 0 Å². The molecular weight excluding hydrogens is 272 g/mol. The van der Waals surface area contributed by atoms with Gasteiger partial charge in [0.15, 0.2) is 0 Å².